The van der Waals surface area contributed by atoms with Crippen LogP contribution in [0.1, 0.15) is 15.4 Å². The molecule has 132 valence electrons. The van der Waals surface area contributed by atoms with E-state index in [1.165, 1.54) is 11.3 Å². The Balaban J connectivity index is 1.57. The quantitative estimate of drug-likeness (QED) is 0.484. The molecule has 0 saturated carbocycles. The molecule has 4 rings (SSSR count). The molecule has 0 bridgehead atoms. The SMILES string of the molecule is Cc1nn(-c2cccc(Cl)c2)c2sc(C(=O)OCCn3cccn3)cc12. The Morgan fingerprint density at radius 1 is 1.31 bits per heavy atom. The van der Waals surface area contributed by atoms with E-state index in [-0.39, 0.29) is 12.6 Å². The van der Waals surface area contributed by atoms with Gasteiger partial charge in [0.05, 0.1) is 17.9 Å². The number of hydrogen-bond donors (Lipinski definition) is 0. The van der Waals surface area contributed by atoms with Gasteiger partial charge in [-0.2, -0.15) is 10.2 Å². The molecule has 0 aliphatic heterocycles. The average molecular weight is 387 g/mol. The van der Waals surface area contributed by atoms with Crippen molar-refractivity contribution in [1.29, 1.82) is 0 Å². The highest BCUT2D eigenvalue weighted by molar-refractivity contribution is 7.20. The summed E-state index contributed by atoms with van der Waals surface area (Å²) in [7, 11) is 0. The molecule has 0 aliphatic rings. The third-order valence-corrected chi connectivity index (χ3v) is 5.24. The van der Waals surface area contributed by atoms with Crippen molar-refractivity contribution in [3.63, 3.8) is 0 Å². The van der Waals surface area contributed by atoms with E-state index in [1.54, 1.807) is 10.9 Å². The van der Waals surface area contributed by atoms with E-state index < -0.39 is 0 Å². The smallest absolute Gasteiger partial charge is 0.348 e. The minimum absolute atomic E-state index is 0.272. The van der Waals surface area contributed by atoms with Crippen LogP contribution in [0.3, 0.4) is 0 Å². The molecule has 0 aliphatic carbocycles. The molecule has 4 aromatic rings. The highest BCUT2D eigenvalue weighted by atomic mass is 35.5. The number of benzene rings is 1. The van der Waals surface area contributed by atoms with Gasteiger partial charge in [0.25, 0.3) is 0 Å². The summed E-state index contributed by atoms with van der Waals surface area (Å²) in [4.78, 5) is 13.8. The zero-order valence-electron chi connectivity index (χ0n) is 13.9. The Hall–Kier alpha value is -2.64. The number of aromatic nitrogens is 4. The van der Waals surface area contributed by atoms with E-state index in [2.05, 4.69) is 10.2 Å². The molecule has 0 amide bonds. The summed E-state index contributed by atoms with van der Waals surface area (Å²) < 4.78 is 8.89. The van der Waals surface area contributed by atoms with E-state index in [4.69, 9.17) is 16.3 Å². The van der Waals surface area contributed by atoms with Gasteiger partial charge in [-0.1, -0.05) is 17.7 Å². The van der Waals surface area contributed by atoms with Crippen LogP contribution in [0.4, 0.5) is 0 Å². The first-order chi connectivity index (χ1) is 12.6. The lowest BCUT2D eigenvalue weighted by Gasteiger charge is -2.04. The number of rotatable bonds is 5. The van der Waals surface area contributed by atoms with E-state index in [1.807, 2.05) is 54.2 Å². The van der Waals surface area contributed by atoms with Gasteiger partial charge in [-0.05, 0) is 37.3 Å². The molecule has 3 heterocycles. The molecule has 8 heteroatoms. The van der Waals surface area contributed by atoms with Crippen LogP contribution in [0.15, 0.2) is 48.8 Å². The van der Waals surface area contributed by atoms with Crippen molar-refractivity contribution in [2.75, 3.05) is 6.61 Å². The number of halogens is 1. The van der Waals surface area contributed by atoms with Crippen LogP contribution in [0.5, 0.6) is 0 Å². The molecule has 26 heavy (non-hydrogen) atoms. The van der Waals surface area contributed by atoms with E-state index in [0.29, 0.717) is 16.4 Å². The first kappa shape index (κ1) is 16.8. The van der Waals surface area contributed by atoms with Crippen LogP contribution in [0.2, 0.25) is 5.02 Å². The lowest BCUT2D eigenvalue weighted by molar-refractivity contribution is 0.0493. The highest BCUT2D eigenvalue weighted by Gasteiger charge is 2.18. The number of aryl methyl sites for hydroxylation is 1. The van der Waals surface area contributed by atoms with Crippen LogP contribution in [-0.4, -0.2) is 32.1 Å². The number of thiophene rings is 1. The number of ether oxygens (including phenoxy) is 1. The van der Waals surface area contributed by atoms with Gasteiger partial charge in [0.15, 0.2) is 0 Å². The number of carbonyl (C=O) groups is 1. The van der Waals surface area contributed by atoms with Gasteiger partial charge in [-0.3, -0.25) is 4.68 Å². The normalized spacial score (nSPS) is 11.2. The molecule has 0 N–H and O–H groups in total. The van der Waals surface area contributed by atoms with Gasteiger partial charge in [0.2, 0.25) is 0 Å². The van der Waals surface area contributed by atoms with Crippen LogP contribution >= 0.6 is 22.9 Å². The van der Waals surface area contributed by atoms with E-state index >= 15 is 0 Å². The molecule has 0 spiro atoms. The Bertz CT molecular complexity index is 1070. The Labute approximate surface area is 158 Å². The second kappa shape index (κ2) is 6.93. The van der Waals surface area contributed by atoms with Crippen molar-refractivity contribution in [2.45, 2.75) is 13.5 Å². The monoisotopic (exact) mass is 386 g/mol. The maximum absolute atomic E-state index is 12.4. The summed E-state index contributed by atoms with van der Waals surface area (Å²) in [5, 5.41) is 10.2. The third kappa shape index (κ3) is 3.23. The Morgan fingerprint density at radius 2 is 2.19 bits per heavy atom. The predicted molar refractivity (Wildman–Crippen MR) is 101 cm³/mol. The van der Waals surface area contributed by atoms with E-state index in [9.17, 15) is 4.79 Å². The molecular formula is C18H15ClN4O2S. The van der Waals surface area contributed by atoms with Gasteiger partial charge in [0, 0.05) is 22.8 Å². The van der Waals surface area contributed by atoms with Crippen molar-refractivity contribution >= 4 is 39.1 Å². The Morgan fingerprint density at radius 3 is 2.96 bits per heavy atom. The van der Waals surface area contributed by atoms with Gasteiger partial charge in [-0.15, -0.1) is 11.3 Å². The maximum atomic E-state index is 12.4. The van der Waals surface area contributed by atoms with Gasteiger partial charge in [0.1, 0.15) is 16.3 Å². The summed E-state index contributed by atoms with van der Waals surface area (Å²) >= 11 is 7.45. The number of carbonyl (C=O) groups excluding carboxylic acids is 1. The van der Waals surface area contributed by atoms with Crippen molar-refractivity contribution < 1.29 is 9.53 Å². The molecule has 0 saturated heterocycles. The molecule has 6 nitrogen and oxygen atoms in total. The second-order valence-electron chi connectivity index (χ2n) is 5.71. The number of nitrogens with zero attached hydrogens (tertiary/aromatic N) is 4. The molecular weight excluding hydrogens is 372 g/mol. The zero-order valence-corrected chi connectivity index (χ0v) is 15.5. The summed E-state index contributed by atoms with van der Waals surface area (Å²) in [5.41, 5.74) is 1.71. The summed E-state index contributed by atoms with van der Waals surface area (Å²) in [6, 6.07) is 11.1. The van der Waals surface area contributed by atoms with Crippen molar-refractivity contribution in [3.05, 3.63) is 64.4 Å². The highest BCUT2D eigenvalue weighted by Crippen LogP contribution is 2.31. The summed E-state index contributed by atoms with van der Waals surface area (Å²) in [5.74, 6) is -0.338. The minimum atomic E-state index is -0.338. The molecule has 1 aromatic carbocycles. The number of fused-ring (bicyclic) bond motifs is 1. The van der Waals surface area contributed by atoms with Crippen LogP contribution < -0.4 is 0 Å². The van der Waals surface area contributed by atoms with Crippen LogP contribution in [-0.2, 0) is 11.3 Å². The Kier molecular flexibility index (Phi) is 4.48. The fourth-order valence-corrected chi connectivity index (χ4v) is 3.93. The number of hydrogen-bond acceptors (Lipinski definition) is 5. The maximum Gasteiger partial charge on any atom is 0.348 e. The minimum Gasteiger partial charge on any atom is -0.460 e. The third-order valence-electron chi connectivity index (χ3n) is 3.91. The average Bonchev–Trinajstić information content (AvgIpc) is 3.33. The summed E-state index contributed by atoms with van der Waals surface area (Å²) in [6.45, 7) is 2.72. The fraction of sp³-hybridized carbons (Fsp3) is 0.167. The second-order valence-corrected chi connectivity index (χ2v) is 7.18. The molecule has 0 radical (unpaired) electrons. The van der Waals surface area contributed by atoms with Gasteiger partial charge >= 0.3 is 5.97 Å². The van der Waals surface area contributed by atoms with Crippen LogP contribution in [0.25, 0.3) is 15.9 Å². The summed E-state index contributed by atoms with van der Waals surface area (Å²) in [6.07, 6.45) is 3.52. The fourth-order valence-electron chi connectivity index (χ4n) is 2.67. The van der Waals surface area contributed by atoms with Gasteiger partial charge < -0.3 is 4.74 Å². The van der Waals surface area contributed by atoms with E-state index in [0.717, 1.165) is 21.6 Å². The first-order valence-electron chi connectivity index (χ1n) is 8.01. The van der Waals surface area contributed by atoms with Crippen molar-refractivity contribution in [1.82, 2.24) is 19.6 Å². The molecule has 3 aromatic heterocycles. The topological polar surface area (TPSA) is 61.9 Å². The van der Waals surface area contributed by atoms with Gasteiger partial charge in [-0.25, -0.2) is 9.48 Å². The number of esters is 1. The predicted octanol–water partition coefficient (Wildman–Crippen LogP) is 4.10. The zero-order chi connectivity index (χ0) is 18.1. The van der Waals surface area contributed by atoms with Crippen molar-refractivity contribution in [3.8, 4) is 5.69 Å². The molecule has 0 atom stereocenters. The standard InChI is InChI=1S/C18H15ClN4O2S/c1-12-15-11-16(18(24)25-9-8-22-7-3-6-20-22)26-17(15)23(21-12)14-5-2-4-13(19)10-14/h2-7,10-11H,8-9H2,1H3. The van der Waals surface area contributed by atoms with Crippen LogP contribution in [0, 0.1) is 6.92 Å². The first-order valence-corrected chi connectivity index (χ1v) is 9.21. The van der Waals surface area contributed by atoms with Crippen molar-refractivity contribution in [2.24, 2.45) is 0 Å². The largest absolute Gasteiger partial charge is 0.460 e. The lowest BCUT2D eigenvalue weighted by Crippen LogP contribution is -2.10. The molecule has 0 unspecified atom stereocenters. The molecule has 0 fully saturated rings. The lowest BCUT2D eigenvalue weighted by atomic mass is 10.3.